The molecule has 1 atom stereocenters. The highest BCUT2D eigenvalue weighted by atomic mass is 32.2. The number of piperidine rings is 1. The fourth-order valence-corrected chi connectivity index (χ4v) is 4.23. The third kappa shape index (κ3) is 3.02. The molecule has 2 aliphatic rings. The maximum Gasteiger partial charge on any atom is 0.224 e. The van der Waals surface area contributed by atoms with E-state index < -0.39 is 10.0 Å². The molecule has 1 aliphatic carbocycles. The highest BCUT2D eigenvalue weighted by molar-refractivity contribution is 7.90. The summed E-state index contributed by atoms with van der Waals surface area (Å²) in [5.41, 5.74) is 5.33. The van der Waals surface area contributed by atoms with Crippen molar-refractivity contribution in [2.45, 2.75) is 30.9 Å². The van der Waals surface area contributed by atoms with Gasteiger partial charge in [0, 0.05) is 26.2 Å². The minimum atomic E-state index is -3.15. The predicted molar refractivity (Wildman–Crippen MR) is 68.3 cm³/mol. The number of amides is 1. The quantitative estimate of drug-likeness (QED) is 0.691. The molecule has 0 aromatic heterocycles. The maximum absolute atomic E-state index is 12.1. The molecular formula is C11H21N3O3S. The van der Waals surface area contributed by atoms with Crippen molar-refractivity contribution in [1.82, 2.24) is 9.62 Å². The maximum atomic E-state index is 12.1. The van der Waals surface area contributed by atoms with E-state index in [1.807, 2.05) is 0 Å². The molecule has 7 heteroatoms. The first-order valence-electron chi connectivity index (χ1n) is 6.52. The van der Waals surface area contributed by atoms with Gasteiger partial charge in [0.15, 0.2) is 0 Å². The van der Waals surface area contributed by atoms with Crippen molar-refractivity contribution in [3.8, 4) is 0 Å². The van der Waals surface area contributed by atoms with Crippen molar-refractivity contribution >= 4 is 15.9 Å². The van der Waals surface area contributed by atoms with E-state index in [0.29, 0.717) is 26.2 Å². The Kier molecular flexibility index (Phi) is 4.24. The third-order valence-electron chi connectivity index (χ3n) is 3.50. The molecule has 1 amide bonds. The summed E-state index contributed by atoms with van der Waals surface area (Å²) in [6.07, 6.45) is 3.05. The minimum Gasteiger partial charge on any atom is -0.355 e. The van der Waals surface area contributed by atoms with Crippen LogP contribution in [0.4, 0.5) is 0 Å². The Morgan fingerprint density at radius 2 is 2.06 bits per heavy atom. The molecule has 0 aromatic carbocycles. The molecule has 6 nitrogen and oxygen atoms in total. The first-order valence-corrected chi connectivity index (χ1v) is 8.02. The zero-order valence-corrected chi connectivity index (χ0v) is 11.3. The monoisotopic (exact) mass is 275 g/mol. The lowest BCUT2D eigenvalue weighted by Gasteiger charge is -2.31. The van der Waals surface area contributed by atoms with Crippen molar-refractivity contribution in [2.24, 2.45) is 11.7 Å². The van der Waals surface area contributed by atoms with Gasteiger partial charge in [-0.1, -0.05) is 0 Å². The number of nitrogens with two attached hydrogens (primary N) is 1. The molecule has 1 aliphatic heterocycles. The van der Waals surface area contributed by atoms with Gasteiger partial charge in [0.1, 0.15) is 0 Å². The molecule has 18 heavy (non-hydrogen) atoms. The second-order valence-electron chi connectivity index (χ2n) is 5.02. The fraction of sp³-hybridized carbons (Fsp3) is 0.909. The zero-order chi connectivity index (χ0) is 13.2. The predicted octanol–water partition coefficient (Wildman–Crippen LogP) is -0.734. The Balaban J connectivity index is 1.94. The molecule has 0 spiro atoms. The summed E-state index contributed by atoms with van der Waals surface area (Å²) in [6.45, 7) is 1.74. The highest BCUT2D eigenvalue weighted by Crippen LogP contribution is 2.33. The van der Waals surface area contributed by atoms with Gasteiger partial charge in [0.2, 0.25) is 15.9 Å². The van der Waals surface area contributed by atoms with Crippen molar-refractivity contribution in [1.29, 1.82) is 0 Å². The zero-order valence-electron chi connectivity index (χ0n) is 10.5. The van der Waals surface area contributed by atoms with E-state index in [4.69, 9.17) is 5.73 Å². The van der Waals surface area contributed by atoms with Crippen molar-refractivity contribution in [3.63, 3.8) is 0 Å². The average molecular weight is 275 g/mol. The lowest BCUT2D eigenvalue weighted by atomic mass is 9.99. The average Bonchev–Trinajstić information content (AvgIpc) is 3.20. The summed E-state index contributed by atoms with van der Waals surface area (Å²) in [6, 6.07) is 0. The molecule has 2 rings (SSSR count). The first-order chi connectivity index (χ1) is 8.55. The van der Waals surface area contributed by atoms with Gasteiger partial charge in [0.25, 0.3) is 0 Å². The number of nitrogens with one attached hydrogen (secondary N) is 1. The van der Waals surface area contributed by atoms with Crippen LogP contribution in [0.5, 0.6) is 0 Å². The molecule has 1 saturated carbocycles. The van der Waals surface area contributed by atoms with Gasteiger partial charge >= 0.3 is 0 Å². The van der Waals surface area contributed by atoms with Crippen LogP contribution in [0.1, 0.15) is 25.7 Å². The van der Waals surface area contributed by atoms with Crippen molar-refractivity contribution in [3.05, 3.63) is 0 Å². The Morgan fingerprint density at radius 3 is 2.67 bits per heavy atom. The Bertz CT molecular complexity index is 406. The van der Waals surface area contributed by atoms with Crippen molar-refractivity contribution in [2.75, 3.05) is 26.2 Å². The summed E-state index contributed by atoms with van der Waals surface area (Å²) in [4.78, 5) is 11.8. The molecule has 2 fully saturated rings. The molecule has 0 radical (unpaired) electrons. The van der Waals surface area contributed by atoms with Crippen LogP contribution in [-0.2, 0) is 14.8 Å². The van der Waals surface area contributed by atoms with Crippen LogP contribution in [0.25, 0.3) is 0 Å². The second kappa shape index (κ2) is 5.54. The number of hydrogen-bond donors (Lipinski definition) is 2. The van der Waals surface area contributed by atoms with E-state index in [-0.39, 0.29) is 17.1 Å². The number of sulfonamides is 1. The number of carbonyl (C=O) groups excluding carboxylic acids is 1. The topological polar surface area (TPSA) is 92.5 Å². The molecule has 0 bridgehead atoms. The first kappa shape index (κ1) is 13.8. The van der Waals surface area contributed by atoms with Crippen LogP contribution in [0, 0.1) is 5.92 Å². The molecule has 3 N–H and O–H groups in total. The van der Waals surface area contributed by atoms with Gasteiger partial charge < -0.3 is 11.1 Å². The summed E-state index contributed by atoms with van der Waals surface area (Å²) < 4.78 is 25.7. The van der Waals surface area contributed by atoms with E-state index >= 15 is 0 Å². The Hall–Kier alpha value is -0.660. The van der Waals surface area contributed by atoms with Crippen LogP contribution < -0.4 is 11.1 Å². The van der Waals surface area contributed by atoms with Crippen LogP contribution in [0.2, 0.25) is 0 Å². The SMILES string of the molecule is NCCNC(=O)C1CCCN(S(=O)(=O)C2CC2)C1. The summed E-state index contributed by atoms with van der Waals surface area (Å²) >= 11 is 0. The largest absolute Gasteiger partial charge is 0.355 e. The number of carbonyl (C=O) groups is 1. The smallest absolute Gasteiger partial charge is 0.224 e. The number of nitrogens with zero attached hydrogens (tertiary/aromatic N) is 1. The summed E-state index contributed by atoms with van der Waals surface area (Å²) in [5, 5.41) is 2.54. The van der Waals surface area contributed by atoms with E-state index in [2.05, 4.69) is 5.32 Å². The fourth-order valence-electron chi connectivity index (χ4n) is 2.30. The van der Waals surface area contributed by atoms with Gasteiger partial charge in [-0.15, -0.1) is 0 Å². The second-order valence-corrected chi connectivity index (χ2v) is 7.23. The van der Waals surface area contributed by atoms with E-state index in [0.717, 1.165) is 25.7 Å². The molecular weight excluding hydrogens is 254 g/mol. The summed E-state index contributed by atoms with van der Waals surface area (Å²) in [7, 11) is -3.15. The van der Waals surface area contributed by atoms with Crippen LogP contribution in [0.15, 0.2) is 0 Å². The third-order valence-corrected chi connectivity index (χ3v) is 5.87. The molecule has 1 heterocycles. The number of hydrogen-bond acceptors (Lipinski definition) is 4. The van der Waals surface area contributed by atoms with E-state index in [1.54, 1.807) is 0 Å². The van der Waals surface area contributed by atoms with Gasteiger partial charge in [-0.2, -0.15) is 0 Å². The minimum absolute atomic E-state index is 0.0730. The van der Waals surface area contributed by atoms with Gasteiger partial charge in [-0.25, -0.2) is 12.7 Å². The standard InChI is InChI=1S/C11H21N3O3S/c12-5-6-13-11(15)9-2-1-7-14(8-9)18(16,17)10-3-4-10/h9-10H,1-8,12H2,(H,13,15). The number of rotatable bonds is 5. The van der Waals surface area contributed by atoms with Crippen molar-refractivity contribution < 1.29 is 13.2 Å². The lowest BCUT2D eigenvalue weighted by Crippen LogP contribution is -2.47. The molecule has 1 saturated heterocycles. The lowest BCUT2D eigenvalue weighted by molar-refractivity contribution is -0.126. The van der Waals surface area contributed by atoms with Crippen LogP contribution >= 0.6 is 0 Å². The van der Waals surface area contributed by atoms with Gasteiger partial charge in [-0.05, 0) is 25.7 Å². The van der Waals surface area contributed by atoms with Gasteiger partial charge in [-0.3, -0.25) is 4.79 Å². The van der Waals surface area contributed by atoms with E-state index in [9.17, 15) is 13.2 Å². The Labute approximate surface area is 108 Å². The molecule has 104 valence electrons. The van der Waals surface area contributed by atoms with Crippen LogP contribution in [-0.4, -0.2) is 50.1 Å². The summed E-state index contributed by atoms with van der Waals surface area (Å²) in [5.74, 6) is -0.296. The van der Waals surface area contributed by atoms with Gasteiger partial charge in [0.05, 0.1) is 11.2 Å². The Morgan fingerprint density at radius 1 is 1.33 bits per heavy atom. The normalized spacial score (nSPS) is 25.9. The van der Waals surface area contributed by atoms with E-state index in [1.165, 1.54) is 4.31 Å². The molecule has 0 aromatic rings. The highest BCUT2D eigenvalue weighted by Gasteiger charge is 2.42. The van der Waals surface area contributed by atoms with Crippen LogP contribution in [0.3, 0.4) is 0 Å². The molecule has 1 unspecified atom stereocenters.